The third-order valence-corrected chi connectivity index (χ3v) is 10.1. The molecule has 0 unspecified atom stereocenters. The fourth-order valence-electron chi connectivity index (χ4n) is 7.23. The molecule has 3 saturated heterocycles. The molecule has 0 radical (unpaired) electrons. The van der Waals surface area contributed by atoms with Gasteiger partial charge in [-0.05, 0) is 52.3 Å². The molecule has 1 spiro atoms. The molecule has 5 rings (SSSR count). The SMILES string of the molecule is CC(=O)N[C@H]1[C@H]([C@H](O)[C@H](O)CNC(=O)c2ccc3n[nH]c(C)c3c2)O[C@@](CCN2CCOC[C@@]23CCN(COC(C)(C)C)C3)(C(=O)O)C[C@@H]1O. The van der Waals surface area contributed by atoms with E-state index in [1.54, 1.807) is 18.2 Å². The Bertz CT molecular complexity index is 1530. The second-order valence-electron chi connectivity index (χ2n) is 14.9. The molecule has 50 heavy (non-hydrogen) atoms. The van der Waals surface area contributed by atoms with E-state index in [9.17, 15) is 34.8 Å². The molecule has 4 heterocycles. The lowest BCUT2D eigenvalue weighted by Crippen LogP contribution is -2.68. The Morgan fingerprint density at radius 2 is 1.98 bits per heavy atom. The van der Waals surface area contributed by atoms with Crippen LogP contribution in [0.4, 0.5) is 0 Å². The largest absolute Gasteiger partial charge is 0.479 e. The molecular weight excluding hydrogens is 652 g/mol. The number of aliphatic carboxylic acids is 1. The minimum absolute atomic E-state index is 0.0433. The summed E-state index contributed by atoms with van der Waals surface area (Å²) >= 11 is 0. The van der Waals surface area contributed by atoms with Gasteiger partial charge >= 0.3 is 5.97 Å². The van der Waals surface area contributed by atoms with Crippen molar-refractivity contribution in [2.24, 2.45) is 0 Å². The number of aromatic nitrogens is 2. The summed E-state index contributed by atoms with van der Waals surface area (Å²) in [5, 5.41) is 57.2. The highest BCUT2D eigenvalue weighted by Gasteiger charge is 2.55. The van der Waals surface area contributed by atoms with E-state index in [4.69, 9.17) is 14.2 Å². The Labute approximate surface area is 291 Å². The van der Waals surface area contributed by atoms with Crippen LogP contribution in [0.15, 0.2) is 18.2 Å². The number of amides is 2. The van der Waals surface area contributed by atoms with Crippen LogP contribution < -0.4 is 10.6 Å². The first-order valence-electron chi connectivity index (χ1n) is 17.2. The van der Waals surface area contributed by atoms with Crippen LogP contribution in [0.2, 0.25) is 0 Å². The van der Waals surface area contributed by atoms with Crippen LogP contribution >= 0.6 is 0 Å². The van der Waals surface area contributed by atoms with Crippen LogP contribution in [0, 0.1) is 6.92 Å². The van der Waals surface area contributed by atoms with Crippen molar-refractivity contribution < 1.29 is 49.0 Å². The lowest BCUT2D eigenvalue weighted by molar-refractivity contribution is -0.231. The highest BCUT2D eigenvalue weighted by molar-refractivity contribution is 5.98. The first kappa shape index (κ1) is 38.0. The number of H-pyrrole nitrogens is 1. The first-order valence-corrected chi connectivity index (χ1v) is 17.2. The Morgan fingerprint density at radius 1 is 1.22 bits per heavy atom. The molecule has 16 heteroatoms. The zero-order valence-electron chi connectivity index (χ0n) is 29.5. The Hall–Kier alpha value is -3.22. The van der Waals surface area contributed by atoms with Gasteiger partial charge in [0.05, 0.1) is 54.9 Å². The number of nitrogens with zero attached hydrogens (tertiary/aromatic N) is 3. The molecule has 1 aromatic heterocycles. The van der Waals surface area contributed by atoms with E-state index in [2.05, 4.69) is 30.6 Å². The summed E-state index contributed by atoms with van der Waals surface area (Å²) < 4.78 is 18.1. The van der Waals surface area contributed by atoms with Crippen LogP contribution in [-0.2, 0) is 23.8 Å². The lowest BCUT2D eigenvalue weighted by Gasteiger charge is -2.49. The van der Waals surface area contributed by atoms with Crippen molar-refractivity contribution in [3.8, 4) is 0 Å². The van der Waals surface area contributed by atoms with E-state index >= 15 is 0 Å². The number of likely N-dealkylation sites (tertiary alicyclic amines) is 1. The number of morpholine rings is 1. The van der Waals surface area contributed by atoms with Gasteiger partial charge in [0.15, 0.2) is 5.60 Å². The molecule has 0 aliphatic carbocycles. The van der Waals surface area contributed by atoms with Gasteiger partial charge in [0.25, 0.3) is 5.91 Å². The number of carbonyl (C=O) groups is 3. The predicted octanol–water partition coefficient (Wildman–Crippen LogP) is -0.260. The summed E-state index contributed by atoms with van der Waals surface area (Å²) in [5.74, 6) is -2.39. The number of nitrogens with one attached hydrogen (secondary N) is 3. The van der Waals surface area contributed by atoms with Gasteiger partial charge in [-0.15, -0.1) is 0 Å². The number of benzene rings is 1. The van der Waals surface area contributed by atoms with Gasteiger partial charge in [-0.25, -0.2) is 4.79 Å². The number of aromatic amines is 1. The molecular formula is C34H52N6O10. The fraction of sp³-hybridized carbons (Fsp3) is 0.706. The monoisotopic (exact) mass is 704 g/mol. The normalized spacial score (nSPS) is 29.2. The molecule has 3 aliphatic heterocycles. The Kier molecular flexibility index (Phi) is 11.5. The van der Waals surface area contributed by atoms with E-state index < -0.39 is 60.4 Å². The van der Waals surface area contributed by atoms with Gasteiger partial charge in [-0.1, -0.05) is 0 Å². The smallest absolute Gasteiger partial charge is 0.336 e. The number of fused-ring (bicyclic) bond motifs is 1. The molecule has 278 valence electrons. The van der Waals surface area contributed by atoms with Crippen LogP contribution in [0.3, 0.4) is 0 Å². The third-order valence-electron chi connectivity index (χ3n) is 10.1. The van der Waals surface area contributed by atoms with Crippen molar-refractivity contribution in [1.82, 2.24) is 30.6 Å². The average Bonchev–Trinajstić information content (AvgIpc) is 3.65. The predicted molar refractivity (Wildman–Crippen MR) is 180 cm³/mol. The number of aryl methyl sites for hydroxylation is 1. The highest BCUT2D eigenvalue weighted by atomic mass is 16.6. The van der Waals surface area contributed by atoms with Crippen LogP contribution in [0.25, 0.3) is 10.9 Å². The number of rotatable bonds is 12. The molecule has 2 aromatic rings. The maximum absolute atomic E-state index is 13.0. The van der Waals surface area contributed by atoms with E-state index in [0.717, 1.165) is 24.0 Å². The Balaban J connectivity index is 1.29. The lowest BCUT2D eigenvalue weighted by atomic mass is 9.81. The maximum atomic E-state index is 13.0. The topological polar surface area (TPSA) is 219 Å². The zero-order chi connectivity index (χ0) is 36.4. The summed E-state index contributed by atoms with van der Waals surface area (Å²) in [4.78, 5) is 42.5. The molecule has 16 nitrogen and oxygen atoms in total. The molecule has 7 atom stereocenters. The van der Waals surface area contributed by atoms with Crippen molar-refractivity contribution in [1.29, 1.82) is 0 Å². The van der Waals surface area contributed by atoms with Crippen LogP contribution in [-0.4, -0.2) is 158 Å². The maximum Gasteiger partial charge on any atom is 0.336 e. The summed E-state index contributed by atoms with van der Waals surface area (Å²) in [6.45, 7) is 12.3. The number of ether oxygens (including phenoxy) is 3. The van der Waals surface area contributed by atoms with Crippen LogP contribution in [0.5, 0.6) is 0 Å². The zero-order valence-corrected chi connectivity index (χ0v) is 29.5. The highest BCUT2D eigenvalue weighted by Crippen LogP contribution is 2.37. The molecule has 3 fully saturated rings. The molecule has 0 bridgehead atoms. The second kappa shape index (κ2) is 15.2. The standard InChI is InChI=1S/C34H52N6O10/c1-20-23-14-22(6-7-24(23)38-37-20)30(45)35-16-26(43)28(44)29-27(36-21(2)41)25(42)15-34(50-29,31(46)47)9-11-40-12-13-48-18-33(40)8-10-39(17-33)19-49-32(3,4)5/h6-7,14,25-29,42-44H,8-13,15-19H2,1-5H3,(H,35,45)(H,36,41)(H,37,38)(H,46,47)/t25-,26+,27+,28+,29+,33-,34+/m0/s1. The van der Waals surface area contributed by atoms with Gasteiger partial charge in [-0.2, -0.15) is 5.10 Å². The van der Waals surface area contributed by atoms with Crippen molar-refractivity contribution in [3.63, 3.8) is 0 Å². The molecule has 7 N–H and O–H groups in total. The minimum atomic E-state index is -1.95. The van der Waals surface area contributed by atoms with Gasteiger partial charge in [-0.3, -0.25) is 24.5 Å². The van der Waals surface area contributed by atoms with Gasteiger partial charge < -0.3 is 45.3 Å². The van der Waals surface area contributed by atoms with E-state index in [-0.39, 0.29) is 24.0 Å². The van der Waals surface area contributed by atoms with Crippen LogP contribution in [0.1, 0.15) is 63.0 Å². The third kappa shape index (κ3) is 8.45. The summed E-state index contributed by atoms with van der Waals surface area (Å²) in [5.41, 5.74) is -0.831. The average molecular weight is 705 g/mol. The Morgan fingerprint density at radius 3 is 2.68 bits per heavy atom. The number of aliphatic hydroxyl groups is 3. The fourth-order valence-corrected chi connectivity index (χ4v) is 7.23. The number of aliphatic hydroxyl groups excluding tert-OH is 3. The second-order valence-corrected chi connectivity index (χ2v) is 14.9. The van der Waals surface area contributed by atoms with E-state index in [1.165, 1.54) is 6.92 Å². The molecule has 1 aromatic carbocycles. The molecule has 3 aliphatic rings. The van der Waals surface area contributed by atoms with Gasteiger partial charge in [0.2, 0.25) is 5.91 Å². The number of hydrogen-bond donors (Lipinski definition) is 7. The summed E-state index contributed by atoms with van der Waals surface area (Å²) in [6.07, 6.45) is -5.99. The van der Waals surface area contributed by atoms with Crippen molar-refractivity contribution in [2.45, 2.75) is 101 Å². The van der Waals surface area contributed by atoms with Crippen molar-refractivity contribution >= 4 is 28.7 Å². The van der Waals surface area contributed by atoms with Crippen molar-refractivity contribution in [3.05, 3.63) is 29.5 Å². The number of hydrogen-bond acceptors (Lipinski definition) is 12. The summed E-state index contributed by atoms with van der Waals surface area (Å²) in [6, 6.07) is 3.69. The molecule has 0 saturated carbocycles. The summed E-state index contributed by atoms with van der Waals surface area (Å²) in [7, 11) is 0. The minimum Gasteiger partial charge on any atom is -0.479 e. The van der Waals surface area contributed by atoms with E-state index in [1.807, 2.05) is 27.7 Å². The number of carboxylic acid groups (broad SMARTS) is 1. The number of carboxylic acids is 1. The van der Waals surface area contributed by atoms with E-state index in [0.29, 0.717) is 50.7 Å². The van der Waals surface area contributed by atoms with Gasteiger partial charge in [0.1, 0.15) is 12.2 Å². The molecule has 2 amide bonds. The first-order chi connectivity index (χ1) is 23.5. The quantitative estimate of drug-likeness (QED) is 0.152. The van der Waals surface area contributed by atoms with Crippen molar-refractivity contribution in [2.75, 3.05) is 52.7 Å². The van der Waals surface area contributed by atoms with Gasteiger partial charge in [0, 0.05) is 69.1 Å². The number of carbonyl (C=O) groups excluding carboxylic acids is 2.